The molecule has 63 heavy (non-hydrogen) atoms. The zero-order valence-corrected chi connectivity index (χ0v) is 34.1. The Labute approximate surface area is 364 Å². The van der Waals surface area contributed by atoms with E-state index in [0.717, 1.165) is 72.1 Å². The minimum Gasteiger partial charge on any atom is -0.309 e. The second-order valence-electron chi connectivity index (χ2n) is 15.8. The molecular formula is C58H37N5. The summed E-state index contributed by atoms with van der Waals surface area (Å²) in [6.07, 6.45) is 0. The summed E-state index contributed by atoms with van der Waals surface area (Å²) in [5.41, 5.74) is 13.6. The van der Waals surface area contributed by atoms with Crippen LogP contribution in [-0.2, 0) is 0 Å². The van der Waals surface area contributed by atoms with Crippen LogP contribution in [0, 0.1) is 0 Å². The molecular weight excluding hydrogens is 767 g/mol. The number of aromatic nitrogens is 5. The van der Waals surface area contributed by atoms with Crippen LogP contribution in [0.25, 0.3) is 117 Å². The van der Waals surface area contributed by atoms with Gasteiger partial charge >= 0.3 is 0 Å². The van der Waals surface area contributed by atoms with Gasteiger partial charge in [-0.2, -0.15) is 0 Å². The van der Waals surface area contributed by atoms with Crippen molar-refractivity contribution in [2.24, 2.45) is 0 Å². The lowest BCUT2D eigenvalue weighted by Crippen LogP contribution is -2.01. The maximum atomic E-state index is 5.48. The number of pyridine rings is 1. The van der Waals surface area contributed by atoms with Crippen molar-refractivity contribution in [1.82, 2.24) is 24.5 Å². The van der Waals surface area contributed by atoms with E-state index in [1.807, 2.05) is 30.3 Å². The highest BCUT2D eigenvalue weighted by Crippen LogP contribution is 2.41. The third-order valence-electron chi connectivity index (χ3n) is 12.0. The molecule has 12 rings (SSSR count). The highest BCUT2D eigenvalue weighted by Gasteiger charge is 2.19. The molecule has 0 saturated heterocycles. The summed E-state index contributed by atoms with van der Waals surface area (Å²) >= 11 is 0. The van der Waals surface area contributed by atoms with Crippen LogP contribution in [0.5, 0.6) is 0 Å². The first kappa shape index (κ1) is 36.3. The van der Waals surface area contributed by atoms with Crippen LogP contribution in [0.3, 0.4) is 0 Å². The quantitative estimate of drug-likeness (QED) is 0.151. The Kier molecular flexibility index (Phi) is 8.75. The summed E-state index contributed by atoms with van der Waals surface area (Å²) in [6.45, 7) is 0. The van der Waals surface area contributed by atoms with E-state index in [-0.39, 0.29) is 0 Å². The fraction of sp³-hybridized carbons (Fsp3) is 0. The molecule has 0 aliphatic carbocycles. The molecule has 0 fully saturated rings. The Bertz CT molecular complexity index is 3600. The van der Waals surface area contributed by atoms with Crippen molar-refractivity contribution in [2.45, 2.75) is 0 Å². The van der Waals surface area contributed by atoms with Crippen molar-refractivity contribution < 1.29 is 0 Å². The molecule has 3 heterocycles. The summed E-state index contributed by atoms with van der Waals surface area (Å²) in [5.74, 6) is 1.83. The topological polar surface area (TPSA) is 56.5 Å². The van der Waals surface area contributed by atoms with Crippen molar-refractivity contribution in [3.05, 3.63) is 224 Å². The van der Waals surface area contributed by atoms with Gasteiger partial charge in [-0.05, 0) is 41.0 Å². The van der Waals surface area contributed by atoms with E-state index < -0.39 is 0 Å². The SMILES string of the molecule is c1ccc(-c2nc(-c3ccc(-c4cccc5c4nc(-c4ccccc4)c4cccc(-c6ccccc6)c45)cc3)nc(-c3cccc(-n4c5ccccc5c5ccccc54)c3)n2)cc1. The average molecular weight is 804 g/mol. The fourth-order valence-corrected chi connectivity index (χ4v) is 9.12. The van der Waals surface area contributed by atoms with Gasteiger partial charge in [0, 0.05) is 60.4 Å². The molecule has 0 bridgehead atoms. The van der Waals surface area contributed by atoms with Gasteiger partial charge in [0.2, 0.25) is 0 Å². The van der Waals surface area contributed by atoms with Gasteiger partial charge in [-0.25, -0.2) is 19.9 Å². The standard InChI is InChI=1S/C58H37N5/c1-4-17-38(18-5-1)45-27-15-29-49-53(45)50-30-16-28-46(55(50)59-54(49)40-19-6-2-7-20-40)39-33-35-42(36-34-39)57-60-56(41-21-8-3-9-22-41)61-58(62-57)43-23-14-24-44(37-43)63-51-31-12-10-25-47(51)48-26-11-13-32-52(48)63/h1-37H. The van der Waals surface area contributed by atoms with E-state index in [9.17, 15) is 0 Å². The van der Waals surface area contributed by atoms with Gasteiger partial charge in [0.15, 0.2) is 17.5 Å². The molecule has 9 aromatic carbocycles. The molecule has 0 radical (unpaired) electrons. The molecule has 0 aliphatic heterocycles. The minimum absolute atomic E-state index is 0.605. The largest absolute Gasteiger partial charge is 0.309 e. The summed E-state index contributed by atoms with van der Waals surface area (Å²) in [7, 11) is 0. The van der Waals surface area contributed by atoms with E-state index in [0.29, 0.717) is 17.5 Å². The van der Waals surface area contributed by atoms with Crippen molar-refractivity contribution >= 4 is 43.5 Å². The fourth-order valence-electron chi connectivity index (χ4n) is 9.12. The molecule has 5 nitrogen and oxygen atoms in total. The Balaban J connectivity index is 0.994. The van der Waals surface area contributed by atoms with E-state index in [2.05, 4.69) is 199 Å². The number of hydrogen-bond donors (Lipinski definition) is 0. The maximum absolute atomic E-state index is 5.48. The molecule has 12 aromatic rings. The zero-order chi connectivity index (χ0) is 41.7. The number of rotatable bonds is 7. The molecule has 0 N–H and O–H groups in total. The van der Waals surface area contributed by atoms with Crippen LogP contribution in [0.1, 0.15) is 0 Å². The molecule has 0 unspecified atom stereocenters. The Morgan fingerprint density at radius 1 is 0.286 bits per heavy atom. The molecule has 0 saturated carbocycles. The zero-order valence-electron chi connectivity index (χ0n) is 34.1. The average Bonchev–Trinajstić information content (AvgIpc) is 3.71. The molecule has 0 amide bonds. The van der Waals surface area contributed by atoms with Gasteiger partial charge in [-0.3, -0.25) is 0 Å². The molecule has 0 spiro atoms. The number of para-hydroxylation sites is 3. The number of fused-ring (bicyclic) bond motifs is 6. The first-order valence-corrected chi connectivity index (χ1v) is 21.2. The van der Waals surface area contributed by atoms with Crippen LogP contribution in [0.4, 0.5) is 0 Å². The Morgan fingerprint density at radius 3 is 1.38 bits per heavy atom. The summed E-state index contributed by atoms with van der Waals surface area (Å²) < 4.78 is 2.32. The highest BCUT2D eigenvalue weighted by molar-refractivity contribution is 6.19. The van der Waals surface area contributed by atoms with Crippen molar-refractivity contribution in [3.63, 3.8) is 0 Å². The number of hydrogen-bond acceptors (Lipinski definition) is 4. The lowest BCUT2D eigenvalue weighted by molar-refractivity contribution is 1.07. The highest BCUT2D eigenvalue weighted by atomic mass is 15.0. The molecule has 0 atom stereocenters. The number of nitrogens with zero attached hydrogens (tertiary/aromatic N) is 5. The molecule has 5 heteroatoms. The first-order chi connectivity index (χ1) is 31.2. The summed E-state index contributed by atoms with van der Waals surface area (Å²) in [4.78, 5) is 20.8. The number of benzene rings is 9. The maximum Gasteiger partial charge on any atom is 0.164 e. The third kappa shape index (κ3) is 6.34. The normalized spacial score (nSPS) is 11.5. The molecule has 0 aliphatic rings. The predicted octanol–water partition coefficient (Wildman–Crippen LogP) is 14.7. The third-order valence-corrected chi connectivity index (χ3v) is 12.0. The van der Waals surface area contributed by atoms with Crippen molar-refractivity contribution in [2.75, 3.05) is 0 Å². The van der Waals surface area contributed by atoms with Crippen molar-refractivity contribution in [3.8, 4) is 73.4 Å². The van der Waals surface area contributed by atoms with Crippen LogP contribution in [-0.4, -0.2) is 24.5 Å². The van der Waals surface area contributed by atoms with Gasteiger partial charge in [0.05, 0.1) is 22.2 Å². The van der Waals surface area contributed by atoms with E-state index >= 15 is 0 Å². The van der Waals surface area contributed by atoms with Crippen molar-refractivity contribution in [1.29, 1.82) is 0 Å². The Morgan fingerprint density at radius 2 is 0.730 bits per heavy atom. The van der Waals surface area contributed by atoms with E-state index in [1.165, 1.54) is 27.3 Å². The second-order valence-corrected chi connectivity index (χ2v) is 15.8. The first-order valence-electron chi connectivity index (χ1n) is 21.2. The van der Waals surface area contributed by atoms with Crippen LogP contribution < -0.4 is 0 Å². The predicted molar refractivity (Wildman–Crippen MR) is 260 cm³/mol. The van der Waals surface area contributed by atoms with Crippen LogP contribution in [0.2, 0.25) is 0 Å². The van der Waals surface area contributed by atoms with Gasteiger partial charge in [0.1, 0.15) is 0 Å². The Hall–Kier alpha value is -8.54. The lowest BCUT2D eigenvalue weighted by atomic mass is 9.91. The van der Waals surface area contributed by atoms with Gasteiger partial charge in [-0.1, -0.05) is 200 Å². The van der Waals surface area contributed by atoms with Gasteiger partial charge in [0.25, 0.3) is 0 Å². The summed E-state index contributed by atoms with van der Waals surface area (Å²) in [5, 5.41) is 5.87. The van der Waals surface area contributed by atoms with Crippen LogP contribution in [0.15, 0.2) is 224 Å². The minimum atomic E-state index is 0.605. The van der Waals surface area contributed by atoms with Gasteiger partial charge in [-0.15, -0.1) is 0 Å². The molecule has 294 valence electrons. The monoisotopic (exact) mass is 803 g/mol. The van der Waals surface area contributed by atoms with E-state index in [4.69, 9.17) is 19.9 Å². The summed E-state index contributed by atoms with van der Waals surface area (Å²) in [6, 6.07) is 78.6. The molecule has 3 aromatic heterocycles. The smallest absolute Gasteiger partial charge is 0.164 e. The van der Waals surface area contributed by atoms with Crippen LogP contribution >= 0.6 is 0 Å². The van der Waals surface area contributed by atoms with E-state index in [1.54, 1.807) is 0 Å². The lowest BCUT2D eigenvalue weighted by Gasteiger charge is -2.16. The van der Waals surface area contributed by atoms with Gasteiger partial charge < -0.3 is 4.57 Å². The second kappa shape index (κ2) is 15.2.